The number of pyridine rings is 1. The van der Waals surface area contributed by atoms with Crippen LogP contribution in [0.2, 0.25) is 0 Å². The van der Waals surface area contributed by atoms with E-state index in [0.29, 0.717) is 12.8 Å². The molecule has 5 rings (SSSR count). The maximum absolute atomic E-state index is 13.6. The van der Waals surface area contributed by atoms with Gasteiger partial charge < -0.3 is 4.57 Å². The maximum atomic E-state index is 13.6. The molecule has 0 bridgehead atoms. The largest absolute Gasteiger partial charge is 0.306 e. The minimum atomic E-state index is -2.50. The van der Waals surface area contributed by atoms with Gasteiger partial charge in [0.15, 0.2) is 5.82 Å². The van der Waals surface area contributed by atoms with Crippen LogP contribution in [-0.4, -0.2) is 35.9 Å². The molecule has 6 nitrogen and oxygen atoms in total. The molecule has 3 aromatic rings. The molecule has 26 heavy (non-hydrogen) atoms. The van der Waals surface area contributed by atoms with Crippen LogP contribution in [0.5, 0.6) is 0 Å². The second-order valence-corrected chi connectivity index (χ2v) is 7.51. The van der Waals surface area contributed by atoms with Crippen LogP contribution in [0.4, 0.5) is 8.78 Å². The molecule has 4 heterocycles. The first-order valence-electron chi connectivity index (χ1n) is 9.15. The summed E-state index contributed by atoms with van der Waals surface area (Å²) < 4.78 is 29.3. The number of rotatable bonds is 2. The van der Waals surface area contributed by atoms with Crippen molar-refractivity contribution in [2.45, 2.75) is 57.4 Å². The predicted octanol–water partition coefficient (Wildman–Crippen LogP) is 3.84. The van der Waals surface area contributed by atoms with Gasteiger partial charge in [0.1, 0.15) is 17.0 Å². The molecule has 1 fully saturated rings. The Morgan fingerprint density at radius 2 is 1.96 bits per heavy atom. The van der Waals surface area contributed by atoms with E-state index in [-0.39, 0.29) is 24.8 Å². The van der Waals surface area contributed by atoms with Crippen LogP contribution in [0.15, 0.2) is 12.1 Å². The van der Waals surface area contributed by atoms with E-state index in [4.69, 9.17) is 4.98 Å². The Bertz CT molecular complexity index is 965. The van der Waals surface area contributed by atoms with Gasteiger partial charge in [-0.1, -0.05) is 0 Å². The third-order valence-corrected chi connectivity index (χ3v) is 5.88. The second-order valence-electron chi connectivity index (χ2n) is 7.51. The zero-order chi connectivity index (χ0) is 17.9. The predicted molar refractivity (Wildman–Crippen MR) is 91.9 cm³/mol. The molecule has 0 radical (unpaired) electrons. The summed E-state index contributed by atoms with van der Waals surface area (Å²) in [6.45, 7) is 1.91. The van der Waals surface area contributed by atoms with Crippen molar-refractivity contribution in [3.8, 4) is 11.5 Å². The molecule has 1 saturated carbocycles. The molecule has 1 aliphatic heterocycles. The van der Waals surface area contributed by atoms with Gasteiger partial charge >= 0.3 is 0 Å². The Hall–Kier alpha value is -2.38. The number of nitrogens with one attached hydrogen (secondary N) is 1. The van der Waals surface area contributed by atoms with Gasteiger partial charge in [-0.2, -0.15) is 5.10 Å². The zero-order valence-electron chi connectivity index (χ0n) is 14.5. The molecular weight excluding hydrogens is 338 g/mol. The summed E-state index contributed by atoms with van der Waals surface area (Å²) in [6, 6.07) is 4.06. The third kappa shape index (κ3) is 2.42. The van der Waals surface area contributed by atoms with Crippen molar-refractivity contribution in [3.05, 3.63) is 23.7 Å². The number of nitrogens with zero attached hydrogens (tertiary/aromatic N) is 5. The molecule has 1 atom stereocenters. The number of aromatic amines is 1. The number of aromatic nitrogens is 6. The quantitative estimate of drug-likeness (QED) is 0.755. The number of alkyl halides is 2. The van der Waals surface area contributed by atoms with Crippen LogP contribution in [0.25, 0.3) is 22.6 Å². The van der Waals surface area contributed by atoms with E-state index in [1.807, 2.05) is 19.1 Å². The van der Waals surface area contributed by atoms with Crippen molar-refractivity contribution >= 4 is 11.0 Å². The Morgan fingerprint density at radius 1 is 1.15 bits per heavy atom. The monoisotopic (exact) mass is 358 g/mol. The topological polar surface area (TPSA) is 72.3 Å². The molecule has 8 heteroatoms. The minimum absolute atomic E-state index is 0.0145. The lowest BCUT2D eigenvalue weighted by molar-refractivity contribution is -0.0509. The molecule has 1 aliphatic carbocycles. The Morgan fingerprint density at radius 3 is 2.77 bits per heavy atom. The van der Waals surface area contributed by atoms with Gasteiger partial charge in [0, 0.05) is 25.3 Å². The molecule has 0 amide bonds. The van der Waals surface area contributed by atoms with Gasteiger partial charge in [0.05, 0.1) is 11.2 Å². The number of hydrogen-bond acceptors (Lipinski definition) is 4. The maximum Gasteiger partial charge on any atom is 0.248 e. The molecule has 0 aromatic carbocycles. The fourth-order valence-corrected chi connectivity index (χ4v) is 4.46. The normalized spacial score (nSPS) is 22.8. The first-order valence-corrected chi connectivity index (χ1v) is 9.15. The molecule has 1 N–H and O–H groups in total. The zero-order valence-corrected chi connectivity index (χ0v) is 14.5. The number of aryl methyl sites for hydroxylation is 2. The first-order chi connectivity index (χ1) is 12.5. The van der Waals surface area contributed by atoms with E-state index in [9.17, 15) is 8.78 Å². The number of hydrogen-bond donors (Lipinski definition) is 1. The van der Waals surface area contributed by atoms with Gasteiger partial charge in [-0.05, 0) is 44.2 Å². The van der Waals surface area contributed by atoms with E-state index in [1.165, 1.54) is 0 Å². The average Bonchev–Trinajstić information content (AvgIpc) is 3.31. The van der Waals surface area contributed by atoms with Gasteiger partial charge in [-0.15, -0.1) is 10.2 Å². The standard InChI is InChI=1S/C18H20F2N6/c1-10-16-12(23-22-10)2-3-13(21-16)17-25-24-15-5-4-14(26(15)17)11-6-8-18(19,20)9-7-11/h2-3,11,14H,4-9H2,1H3,(H,22,23). The molecule has 0 saturated heterocycles. The van der Waals surface area contributed by atoms with Crippen LogP contribution < -0.4 is 0 Å². The third-order valence-electron chi connectivity index (χ3n) is 5.88. The fourth-order valence-electron chi connectivity index (χ4n) is 4.46. The Kier molecular flexibility index (Phi) is 3.39. The van der Waals surface area contributed by atoms with E-state index >= 15 is 0 Å². The Balaban J connectivity index is 1.51. The highest BCUT2D eigenvalue weighted by Crippen LogP contribution is 2.45. The van der Waals surface area contributed by atoms with E-state index < -0.39 is 5.92 Å². The highest BCUT2D eigenvalue weighted by molar-refractivity contribution is 5.79. The van der Waals surface area contributed by atoms with Crippen molar-refractivity contribution in [1.29, 1.82) is 0 Å². The smallest absolute Gasteiger partial charge is 0.248 e. The van der Waals surface area contributed by atoms with Crippen molar-refractivity contribution in [2.24, 2.45) is 5.92 Å². The summed E-state index contributed by atoms with van der Waals surface area (Å²) in [4.78, 5) is 4.72. The summed E-state index contributed by atoms with van der Waals surface area (Å²) in [6.07, 6.45) is 2.88. The van der Waals surface area contributed by atoms with Crippen LogP contribution in [-0.2, 0) is 6.42 Å². The van der Waals surface area contributed by atoms with Crippen LogP contribution >= 0.6 is 0 Å². The van der Waals surface area contributed by atoms with Crippen LogP contribution in [0.3, 0.4) is 0 Å². The molecule has 0 spiro atoms. The summed E-state index contributed by atoms with van der Waals surface area (Å²) in [5.41, 5.74) is 3.31. The van der Waals surface area contributed by atoms with E-state index in [2.05, 4.69) is 25.0 Å². The molecule has 3 aromatic heterocycles. The van der Waals surface area contributed by atoms with Crippen molar-refractivity contribution < 1.29 is 8.78 Å². The van der Waals surface area contributed by atoms with Crippen LogP contribution in [0, 0.1) is 12.8 Å². The summed E-state index contributed by atoms with van der Waals surface area (Å²) in [7, 11) is 0. The van der Waals surface area contributed by atoms with Gasteiger partial charge in [0.25, 0.3) is 0 Å². The summed E-state index contributed by atoms with van der Waals surface area (Å²) >= 11 is 0. The van der Waals surface area contributed by atoms with E-state index in [1.54, 1.807) is 0 Å². The van der Waals surface area contributed by atoms with Crippen molar-refractivity contribution in [2.75, 3.05) is 0 Å². The molecular formula is C18H20F2N6. The number of fused-ring (bicyclic) bond motifs is 2. The van der Waals surface area contributed by atoms with Crippen molar-refractivity contribution in [1.82, 2.24) is 29.9 Å². The van der Waals surface area contributed by atoms with Crippen molar-refractivity contribution in [3.63, 3.8) is 0 Å². The highest BCUT2D eigenvalue weighted by Gasteiger charge is 2.41. The molecule has 136 valence electrons. The SMILES string of the molecule is Cc1n[nH]c2ccc(-c3nnc4n3C(C3CCC(F)(F)CC3)CC4)nc12. The summed E-state index contributed by atoms with van der Waals surface area (Å²) in [5.74, 6) is -0.570. The average molecular weight is 358 g/mol. The first kappa shape index (κ1) is 15.8. The molecule has 2 aliphatic rings. The lowest BCUT2D eigenvalue weighted by atomic mass is 9.81. The van der Waals surface area contributed by atoms with Gasteiger partial charge in [-0.3, -0.25) is 5.10 Å². The number of halogens is 2. The fraction of sp³-hybridized carbons (Fsp3) is 0.556. The minimum Gasteiger partial charge on any atom is -0.306 e. The summed E-state index contributed by atoms with van der Waals surface area (Å²) in [5, 5.41) is 15.9. The van der Waals surface area contributed by atoms with E-state index in [0.717, 1.165) is 46.9 Å². The molecule has 1 unspecified atom stereocenters. The van der Waals surface area contributed by atoms with Gasteiger partial charge in [0.2, 0.25) is 5.92 Å². The lowest BCUT2D eigenvalue weighted by Crippen LogP contribution is -2.29. The second kappa shape index (κ2) is 5.56. The Labute approximate surface area is 149 Å². The highest BCUT2D eigenvalue weighted by atomic mass is 19.3. The number of H-pyrrole nitrogens is 1. The lowest BCUT2D eigenvalue weighted by Gasteiger charge is -2.33. The van der Waals surface area contributed by atoms with Gasteiger partial charge in [-0.25, -0.2) is 13.8 Å². The van der Waals surface area contributed by atoms with Crippen LogP contribution in [0.1, 0.15) is 49.7 Å².